The topological polar surface area (TPSA) is 81.2 Å². The minimum Gasteiger partial charge on any atom is -0.389 e. The summed E-state index contributed by atoms with van der Waals surface area (Å²) in [5.74, 6) is 0. The summed E-state index contributed by atoms with van der Waals surface area (Å²) in [5, 5.41) is 24.4. The molecule has 0 saturated carbocycles. The van der Waals surface area contributed by atoms with Gasteiger partial charge in [-0.15, -0.1) is 0 Å². The van der Waals surface area contributed by atoms with Crippen LogP contribution in [-0.2, 0) is 13.0 Å². The standard InChI is InChI=1S/C13H15N3O3/c1-10(17)12-8-14-15(9-12)7-6-11-4-2-3-5-13(11)16(18)19/h2-5,8-10,17H,6-7H2,1H3. The lowest BCUT2D eigenvalue weighted by atomic mass is 10.1. The summed E-state index contributed by atoms with van der Waals surface area (Å²) >= 11 is 0. The maximum Gasteiger partial charge on any atom is 0.272 e. The molecule has 1 heterocycles. The molecule has 1 N–H and O–H groups in total. The Labute approximate surface area is 110 Å². The number of hydrogen-bond donors (Lipinski definition) is 1. The molecule has 0 aliphatic carbocycles. The fourth-order valence-corrected chi connectivity index (χ4v) is 1.85. The van der Waals surface area contributed by atoms with E-state index in [1.165, 1.54) is 6.07 Å². The Kier molecular flexibility index (Phi) is 3.91. The van der Waals surface area contributed by atoms with Crippen molar-refractivity contribution >= 4 is 5.69 Å². The minimum atomic E-state index is -0.556. The first kappa shape index (κ1) is 13.2. The fraction of sp³-hybridized carbons (Fsp3) is 0.308. The Hall–Kier alpha value is -2.21. The molecule has 2 rings (SSSR count). The highest BCUT2D eigenvalue weighted by Crippen LogP contribution is 2.18. The summed E-state index contributed by atoms with van der Waals surface area (Å²) < 4.78 is 1.68. The van der Waals surface area contributed by atoms with Crippen molar-refractivity contribution in [3.8, 4) is 0 Å². The van der Waals surface area contributed by atoms with Crippen LogP contribution in [0.1, 0.15) is 24.2 Å². The van der Waals surface area contributed by atoms with Gasteiger partial charge < -0.3 is 5.11 Å². The van der Waals surface area contributed by atoms with Gasteiger partial charge in [-0.3, -0.25) is 14.8 Å². The van der Waals surface area contributed by atoms with Gasteiger partial charge >= 0.3 is 0 Å². The molecule has 0 amide bonds. The molecular formula is C13H15N3O3. The van der Waals surface area contributed by atoms with E-state index in [1.807, 2.05) is 0 Å². The van der Waals surface area contributed by atoms with Crippen LogP contribution >= 0.6 is 0 Å². The van der Waals surface area contributed by atoms with Crippen LogP contribution in [0.25, 0.3) is 0 Å². The van der Waals surface area contributed by atoms with E-state index in [4.69, 9.17) is 0 Å². The molecule has 6 heteroatoms. The number of benzene rings is 1. The number of aromatic nitrogens is 2. The Bertz CT molecular complexity index is 578. The van der Waals surface area contributed by atoms with Crippen molar-refractivity contribution in [2.24, 2.45) is 0 Å². The molecule has 0 spiro atoms. The Morgan fingerprint density at radius 1 is 1.47 bits per heavy atom. The summed E-state index contributed by atoms with van der Waals surface area (Å²) in [6.45, 7) is 2.21. The minimum absolute atomic E-state index is 0.130. The molecule has 0 aliphatic heterocycles. The molecule has 0 saturated heterocycles. The molecule has 2 aromatic rings. The van der Waals surface area contributed by atoms with Gasteiger partial charge in [0.1, 0.15) is 0 Å². The number of aliphatic hydroxyl groups is 1. The highest BCUT2D eigenvalue weighted by Gasteiger charge is 2.12. The zero-order valence-electron chi connectivity index (χ0n) is 10.6. The first-order valence-corrected chi connectivity index (χ1v) is 6.00. The molecule has 100 valence electrons. The predicted molar refractivity (Wildman–Crippen MR) is 69.7 cm³/mol. The van der Waals surface area contributed by atoms with E-state index in [0.717, 1.165) is 5.56 Å². The zero-order valence-corrected chi connectivity index (χ0v) is 10.6. The lowest BCUT2D eigenvalue weighted by Crippen LogP contribution is -2.04. The van der Waals surface area contributed by atoms with Gasteiger partial charge in [-0.05, 0) is 13.3 Å². The molecule has 1 aromatic heterocycles. The normalized spacial score (nSPS) is 12.3. The SMILES string of the molecule is CC(O)c1cnn(CCc2ccccc2[N+](=O)[O-])c1. The van der Waals surface area contributed by atoms with Crippen LogP contribution in [-0.4, -0.2) is 19.8 Å². The van der Waals surface area contributed by atoms with Crippen LogP contribution < -0.4 is 0 Å². The van der Waals surface area contributed by atoms with Gasteiger partial charge in [0.25, 0.3) is 5.69 Å². The number of para-hydroxylation sites is 1. The highest BCUT2D eigenvalue weighted by molar-refractivity contribution is 5.39. The second-order valence-electron chi connectivity index (χ2n) is 4.35. The second-order valence-corrected chi connectivity index (χ2v) is 4.35. The number of aliphatic hydroxyl groups excluding tert-OH is 1. The van der Waals surface area contributed by atoms with Crippen LogP contribution in [0.15, 0.2) is 36.7 Å². The molecule has 0 aliphatic rings. The predicted octanol–water partition coefficient (Wildman–Crippen LogP) is 2.09. The van der Waals surface area contributed by atoms with Crippen molar-refractivity contribution in [1.29, 1.82) is 0 Å². The number of aryl methyl sites for hydroxylation is 2. The second kappa shape index (κ2) is 5.62. The first-order valence-electron chi connectivity index (χ1n) is 6.00. The zero-order chi connectivity index (χ0) is 13.8. The summed E-state index contributed by atoms with van der Waals surface area (Å²) in [4.78, 5) is 10.5. The van der Waals surface area contributed by atoms with Crippen molar-refractivity contribution in [1.82, 2.24) is 9.78 Å². The maximum atomic E-state index is 10.9. The number of nitro benzene ring substituents is 1. The third kappa shape index (κ3) is 3.17. The van der Waals surface area contributed by atoms with Crippen molar-refractivity contribution in [2.45, 2.75) is 26.0 Å². The van der Waals surface area contributed by atoms with E-state index in [1.54, 1.807) is 42.2 Å². The lowest BCUT2D eigenvalue weighted by molar-refractivity contribution is -0.385. The summed E-state index contributed by atoms with van der Waals surface area (Å²) in [6.07, 6.45) is 3.32. The average molecular weight is 261 g/mol. The van der Waals surface area contributed by atoms with Gasteiger partial charge in [0.15, 0.2) is 0 Å². The van der Waals surface area contributed by atoms with Crippen molar-refractivity contribution < 1.29 is 10.0 Å². The maximum absolute atomic E-state index is 10.9. The monoisotopic (exact) mass is 261 g/mol. The number of hydrogen-bond acceptors (Lipinski definition) is 4. The fourth-order valence-electron chi connectivity index (χ4n) is 1.85. The highest BCUT2D eigenvalue weighted by atomic mass is 16.6. The Balaban J connectivity index is 2.08. The average Bonchev–Trinajstić information content (AvgIpc) is 2.85. The summed E-state index contributed by atoms with van der Waals surface area (Å²) in [5.41, 5.74) is 1.55. The van der Waals surface area contributed by atoms with E-state index in [0.29, 0.717) is 18.5 Å². The number of nitro groups is 1. The summed E-state index contributed by atoms with van der Waals surface area (Å²) in [6, 6.07) is 6.69. The lowest BCUT2D eigenvalue weighted by Gasteiger charge is -2.03. The van der Waals surface area contributed by atoms with E-state index in [-0.39, 0.29) is 10.6 Å². The molecule has 1 aromatic carbocycles. The third-order valence-corrected chi connectivity index (χ3v) is 2.93. The Morgan fingerprint density at radius 3 is 2.84 bits per heavy atom. The molecular weight excluding hydrogens is 246 g/mol. The Morgan fingerprint density at radius 2 is 2.21 bits per heavy atom. The van der Waals surface area contributed by atoms with Crippen molar-refractivity contribution in [3.63, 3.8) is 0 Å². The van der Waals surface area contributed by atoms with Gasteiger partial charge in [-0.2, -0.15) is 5.10 Å². The van der Waals surface area contributed by atoms with Gasteiger partial charge in [0.05, 0.1) is 17.2 Å². The van der Waals surface area contributed by atoms with Crippen molar-refractivity contribution in [3.05, 3.63) is 57.9 Å². The van der Waals surface area contributed by atoms with Crippen LogP contribution in [0.4, 0.5) is 5.69 Å². The molecule has 1 atom stereocenters. The van der Waals surface area contributed by atoms with Gasteiger partial charge in [0, 0.05) is 29.9 Å². The van der Waals surface area contributed by atoms with Crippen LogP contribution in [0.5, 0.6) is 0 Å². The molecule has 6 nitrogen and oxygen atoms in total. The van der Waals surface area contributed by atoms with E-state index >= 15 is 0 Å². The molecule has 0 fully saturated rings. The summed E-state index contributed by atoms with van der Waals surface area (Å²) in [7, 11) is 0. The number of rotatable bonds is 5. The van der Waals surface area contributed by atoms with E-state index in [2.05, 4.69) is 5.10 Å². The first-order chi connectivity index (χ1) is 9.08. The van der Waals surface area contributed by atoms with Crippen LogP contribution in [0, 0.1) is 10.1 Å². The molecule has 1 unspecified atom stereocenters. The van der Waals surface area contributed by atoms with Crippen molar-refractivity contribution in [2.75, 3.05) is 0 Å². The molecule has 0 bridgehead atoms. The van der Waals surface area contributed by atoms with Crippen LogP contribution in [0.3, 0.4) is 0 Å². The molecule has 19 heavy (non-hydrogen) atoms. The van der Waals surface area contributed by atoms with E-state index in [9.17, 15) is 15.2 Å². The van der Waals surface area contributed by atoms with Gasteiger partial charge in [-0.1, -0.05) is 18.2 Å². The van der Waals surface area contributed by atoms with Crippen LogP contribution in [0.2, 0.25) is 0 Å². The van der Waals surface area contributed by atoms with Gasteiger partial charge in [0.2, 0.25) is 0 Å². The third-order valence-electron chi connectivity index (χ3n) is 2.93. The largest absolute Gasteiger partial charge is 0.389 e. The number of nitrogens with zero attached hydrogens (tertiary/aromatic N) is 3. The molecule has 0 radical (unpaired) electrons. The van der Waals surface area contributed by atoms with Gasteiger partial charge in [-0.25, -0.2) is 0 Å². The smallest absolute Gasteiger partial charge is 0.272 e. The van der Waals surface area contributed by atoms with E-state index < -0.39 is 6.10 Å². The quantitative estimate of drug-likeness (QED) is 0.660.